The molecule has 230 valence electrons. The van der Waals surface area contributed by atoms with Crippen LogP contribution >= 0.6 is 0 Å². The summed E-state index contributed by atoms with van der Waals surface area (Å²) in [6.07, 6.45) is -29.8. The second-order valence-electron chi connectivity index (χ2n) is 9.92. The molecule has 3 heterocycles. The summed E-state index contributed by atoms with van der Waals surface area (Å²) in [6.45, 7) is -1.75. The zero-order valence-corrected chi connectivity index (χ0v) is 20.7. The summed E-state index contributed by atoms with van der Waals surface area (Å²) in [5.74, 6) is -2.56. The molecule has 0 aliphatic carbocycles. The van der Waals surface area contributed by atoms with Crippen molar-refractivity contribution in [2.75, 3.05) is 19.8 Å². The van der Waals surface area contributed by atoms with E-state index in [1.807, 2.05) is 0 Å². The van der Waals surface area contributed by atoms with E-state index in [0.29, 0.717) is 0 Å². The topological polar surface area (TPSA) is 309 Å². The number of ether oxygens (including phenoxy) is 5. The molecule has 0 spiro atoms. The number of rotatable bonds is 9. The average molecular weight is 579 g/mol. The molecule has 0 aromatic rings. The van der Waals surface area contributed by atoms with Crippen LogP contribution in [0.5, 0.6) is 0 Å². The van der Waals surface area contributed by atoms with Crippen molar-refractivity contribution in [1.82, 2.24) is 0 Å². The first-order valence-corrected chi connectivity index (χ1v) is 12.2. The molecule has 0 saturated carbocycles. The van der Waals surface area contributed by atoms with Gasteiger partial charge in [0.15, 0.2) is 18.4 Å². The van der Waals surface area contributed by atoms with Crippen LogP contribution in [-0.4, -0.2) is 190 Å². The molecular formula is C21H38O18. The van der Waals surface area contributed by atoms with E-state index in [1.165, 1.54) is 0 Å². The van der Waals surface area contributed by atoms with Crippen LogP contribution in [0.1, 0.15) is 6.92 Å². The Hall–Kier alpha value is -0.720. The minimum Gasteiger partial charge on any atom is -0.394 e. The Kier molecular flexibility index (Phi) is 11.0. The monoisotopic (exact) mass is 578 g/mol. The molecule has 3 saturated heterocycles. The predicted octanol–water partition coefficient (Wildman–Crippen LogP) is -8.46. The van der Waals surface area contributed by atoms with Crippen LogP contribution in [0.2, 0.25) is 0 Å². The maximum absolute atomic E-state index is 11.1. The van der Waals surface area contributed by atoms with E-state index in [0.717, 1.165) is 6.92 Å². The van der Waals surface area contributed by atoms with Gasteiger partial charge in [0.1, 0.15) is 85.5 Å². The molecule has 0 radical (unpaired) electrons. The largest absolute Gasteiger partial charge is 0.394 e. The predicted molar refractivity (Wildman–Crippen MR) is 118 cm³/mol. The van der Waals surface area contributed by atoms with E-state index in [1.54, 1.807) is 0 Å². The molecule has 0 unspecified atom stereocenters. The fourth-order valence-corrected chi connectivity index (χ4v) is 4.74. The van der Waals surface area contributed by atoms with E-state index in [4.69, 9.17) is 23.7 Å². The van der Waals surface area contributed by atoms with Gasteiger partial charge in [-0.15, -0.1) is 0 Å². The van der Waals surface area contributed by atoms with Crippen LogP contribution in [0.3, 0.4) is 0 Å². The van der Waals surface area contributed by atoms with Crippen LogP contribution in [0.4, 0.5) is 0 Å². The van der Waals surface area contributed by atoms with E-state index >= 15 is 0 Å². The lowest BCUT2D eigenvalue weighted by atomic mass is 9.89. The lowest BCUT2D eigenvalue weighted by Gasteiger charge is -2.52. The molecule has 18 nitrogen and oxygen atoms in total. The quantitative estimate of drug-likeness (QED) is 0.121. The highest BCUT2D eigenvalue weighted by Gasteiger charge is 2.59. The molecule has 3 aliphatic rings. The van der Waals surface area contributed by atoms with Gasteiger partial charge in [-0.05, 0) is 6.92 Å². The van der Waals surface area contributed by atoms with Gasteiger partial charge in [0.05, 0.1) is 19.8 Å². The van der Waals surface area contributed by atoms with Gasteiger partial charge in [-0.25, -0.2) is 0 Å². The second-order valence-corrected chi connectivity index (χ2v) is 9.92. The van der Waals surface area contributed by atoms with Crippen LogP contribution in [0, 0.1) is 0 Å². The molecule has 3 fully saturated rings. The number of hydrogen-bond acceptors (Lipinski definition) is 18. The maximum atomic E-state index is 11.1. The van der Waals surface area contributed by atoms with Crippen molar-refractivity contribution in [1.29, 1.82) is 0 Å². The molecule has 3 aliphatic heterocycles. The van der Waals surface area contributed by atoms with Crippen LogP contribution in [0.15, 0.2) is 0 Å². The van der Waals surface area contributed by atoms with Crippen molar-refractivity contribution in [3.8, 4) is 0 Å². The first-order valence-electron chi connectivity index (χ1n) is 12.2. The fraction of sp³-hybridized carbons (Fsp3) is 1.00. The van der Waals surface area contributed by atoms with Crippen molar-refractivity contribution in [3.05, 3.63) is 0 Å². The second kappa shape index (κ2) is 13.1. The standard InChI is InChI=1S/C21H38O18/c1-21(34)18(38-20-13(32)10(29)11(30)15(36-20)5(25)2-22)17(14(33)16(39-21)6(26)3-23)37-19-12(31)9(28)8(27)7(4-24)35-19/h5-20,22-34H,2-4H2,1H3/t5-,6-,7-,8-,9+,10+,11+,12-,13+,14-,15-,16-,17+,18+,19-,20+,21-/m1/s1. The van der Waals surface area contributed by atoms with Crippen LogP contribution < -0.4 is 0 Å². The summed E-state index contributed by atoms with van der Waals surface area (Å²) < 4.78 is 27.1. The molecule has 0 amide bonds. The zero-order chi connectivity index (χ0) is 29.4. The summed E-state index contributed by atoms with van der Waals surface area (Å²) in [4.78, 5) is 0. The first-order chi connectivity index (χ1) is 18.2. The normalized spacial score (nSPS) is 50.9. The Labute approximate surface area is 221 Å². The van der Waals surface area contributed by atoms with Crippen LogP contribution in [-0.2, 0) is 23.7 Å². The van der Waals surface area contributed by atoms with Gasteiger partial charge in [0, 0.05) is 0 Å². The molecule has 0 aromatic heterocycles. The van der Waals surface area contributed by atoms with E-state index in [2.05, 4.69) is 0 Å². The van der Waals surface area contributed by atoms with Crippen molar-refractivity contribution >= 4 is 0 Å². The Balaban J connectivity index is 1.94. The van der Waals surface area contributed by atoms with Crippen molar-refractivity contribution in [3.63, 3.8) is 0 Å². The minimum atomic E-state index is -2.56. The molecule has 3 rings (SSSR count). The Morgan fingerprint density at radius 3 is 1.72 bits per heavy atom. The minimum absolute atomic E-state index is 0.832. The van der Waals surface area contributed by atoms with Gasteiger partial charge in [-0.2, -0.15) is 0 Å². The van der Waals surface area contributed by atoms with Gasteiger partial charge in [-0.3, -0.25) is 0 Å². The lowest BCUT2D eigenvalue weighted by Crippen LogP contribution is -2.71. The van der Waals surface area contributed by atoms with Gasteiger partial charge in [-0.1, -0.05) is 0 Å². The smallest absolute Gasteiger partial charge is 0.192 e. The third-order valence-electron chi connectivity index (χ3n) is 7.03. The summed E-state index contributed by atoms with van der Waals surface area (Å²) >= 11 is 0. The molecule has 13 N–H and O–H groups in total. The molecule has 0 bridgehead atoms. The maximum Gasteiger partial charge on any atom is 0.192 e. The van der Waals surface area contributed by atoms with Gasteiger partial charge >= 0.3 is 0 Å². The highest BCUT2D eigenvalue weighted by atomic mass is 16.8. The fourth-order valence-electron chi connectivity index (χ4n) is 4.74. The highest BCUT2D eigenvalue weighted by molar-refractivity contribution is 5.01. The molecule has 39 heavy (non-hydrogen) atoms. The summed E-state index contributed by atoms with van der Waals surface area (Å²) in [5.41, 5.74) is 0. The third-order valence-corrected chi connectivity index (χ3v) is 7.03. The summed E-state index contributed by atoms with van der Waals surface area (Å²) in [7, 11) is 0. The Bertz CT molecular complexity index is 771. The number of aliphatic hydroxyl groups is 13. The number of aliphatic hydroxyl groups excluding tert-OH is 12. The van der Waals surface area contributed by atoms with E-state index in [-0.39, 0.29) is 0 Å². The Morgan fingerprint density at radius 2 is 1.18 bits per heavy atom. The average Bonchev–Trinajstić information content (AvgIpc) is 2.91. The molecule has 17 atom stereocenters. The first kappa shape index (κ1) is 32.8. The lowest BCUT2D eigenvalue weighted by molar-refractivity contribution is -0.417. The molecule has 0 aromatic carbocycles. The zero-order valence-electron chi connectivity index (χ0n) is 20.7. The van der Waals surface area contributed by atoms with Gasteiger partial charge < -0.3 is 90.1 Å². The van der Waals surface area contributed by atoms with Gasteiger partial charge in [0.25, 0.3) is 0 Å². The SMILES string of the molecule is C[C@@]1(O)O[C@H]([C@H](O)CO)[C@@H](O)[C@H](O[C@H]2O[C@H](CO)[C@@H](O)[C@H](O)[C@H]2O)[C@@H]1O[C@@H]1O[C@H]([C@H](O)CO)[C@@H](O)[C@H](O)[C@@H]1O. The molecular weight excluding hydrogens is 540 g/mol. The number of hydrogen-bond donors (Lipinski definition) is 13. The van der Waals surface area contributed by atoms with Crippen LogP contribution in [0.25, 0.3) is 0 Å². The third kappa shape index (κ3) is 6.53. The molecule has 18 heteroatoms. The van der Waals surface area contributed by atoms with Gasteiger partial charge in [0.2, 0.25) is 0 Å². The van der Waals surface area contributed by atoms with Crippen molar-refractivity contribution in [2.45, 2.75) is 111 Å². The van der Waals surface area contributed by atoms with E-state index < -0.39 is 124 Å². The summed E-state index contributed by atoms with van der Waals surface area (Å²) in [5, 5.41) is 132. The summed E-state index contributed by atoms with van der Waals surface area (Å²) in [6, 6.07) is 0. The van der Waals surface area contributed by atoms with E-state index in [9.17, 15) is 66.4 Å². The van der Waals surface area contributed by atoms with Crippen molar-refractivity contribution < 1.29 is 90.1 Å². The highest BCUT2D eigenvalue weighted by Crippen LogP contribution is 2.37. The van der Waals surface area contributed by atoms with Crippen molar-refractivity contribution in [2.24, 2.45) is 0 Å². The Morgan fingerprint density at radius 1 is 0.667 bits per heavy atom.